The fraction of sp³-hybridized carbons (Fsp3) is 1.00. The molecule has 1 heterocycles. The van der Waals surface area contributed by atoms with E-state index in [1.807, 2.05) is 0 Å². The van der Waals surface area contributed by atoms with Crippen LogP contribution in [0.4, 0.5) is 0 Å². The summed E-state index contributed by atoms with van der Waals surface area (Å²) < 4.78 is 9.87. The van der Waals surface area contributed by atoms with Gasteiger partial charge < -0.3 is 9.47 Å². The standard InChI is InChI=1S/C5H10O2.CH4/c1-6-4-5-2-3-7-5;/h5H,2-4H2,1H3;1H4. The third-order valence-electron chi connectivity index (χ3n) is 1.15. The molecule has 0 spiro atoms. The van der Waals surface area contributed by atoms with Crippen molar-refractivity contribution in [2.75, 3.05) is 20.3 Å². The molecule has 1 fully saturated rings. The Labute approximate surface area is 50.8 Å². The van der Waals surface area contributed by atoms with Crippen LogP contribution in [0.1, 0.15) is 13.8 Å². The molecule has 0 radical (unpaired) electrons. The van der Waals surface area contributed by atoms with E-state index < -0.39 is 0 Å². The van der Waals surface area contributed by atoms with Gasteiger partial charge in [0.05, 0.1) is 12.7 Å². The number of hydrogen-bond acceptors (Lipinski definition) is 2. The van der Waals surface area contributed by atoms with E-state index in [-0.39, 0.29) is 7.43 Å². The summed E-state index contributed by atoms with van der Waals surface area (Å²) in [4.78, 5) is 0. The summed E-state index contributed by atoms with van der Waals surface area (Å²) in [5.74, 6) is 0. The molecule has 0 N–H and O–H groups in total. The van der Waals surface area contributed by atoms with E-state index in [9.17, 15) is 0 Å². The lowest BCUT2D eigenvalue weighted by atomic mass is 10.2. The maximum atomic E-state index is 5.05. The Hall–Kier alpha value is -0.0800. The lowest BCUT2D eigenvalue weighted by Gasteiger charge is -2.24. The fourth-order valence-electron chi connectivity index (χ4n) is 0.602. The van der Waals surface area contributed by atoms with Crippen LogP contribution >= 0.6 is 0 Å². The van der Waals surface area contributed by atoms with E-state index >= 15 is 0 Å². The molecule has 1 aliphatic heterocycles. The second-order valence-corrected chi connectivity index (χ2v) is 1.74. The molecule has 50 valence electrons. The Morgan fingerprint density at radius 1 is 1.75 bits per heavy atom. The van der Waals surface area contributed by atoms with E-state index in [0.717, 1.165) is 13.2 Å². The molecule has 0 amide bonds. The van der Waals surface area contributed by atoms with Gasteiger partial charge in [0.15, 0.2) is 0 Å². The van der Waals surface area contributed by atoms with Gasteiger partial charge in [-0.1, -0.05) is 7.43 Å². The lowest BCUT2D eigenvalue weighted by Crippen LogP contribution is -2.30. The predicted molar refractivity (Wildman–Crippen MR) is 33.0 cm³/mol. The average molecular weight is 118 g/mol. The Kier molecular flexibility index (Phi) is 3.83. The first-order valence-electron chi connectivity index (χ1n) is 2.54. The van der Waals surface area contributed by atoms with Crippen LogP contribution in [-0.2, 0) is 9.47 Å². The van der Waals surface area contributed by atoms with E-state index in [1.165, 1.54) is 6.42 Å². The van der Waals surface area contributed by atoms with Gasteiger partial charge in [0.1, 0.15) is 0 Å². The normalized spacial score (nSPS) is 25.9. The van der Waals surface area contributed by atoms with E-state index in [0.29, 0.717) is 6.10 Å². The average Bonchev–Trinajstić information content (AvgIpc) is 1.55. The van der Waals surface area contributed by atoms with Gasteiger partial charge >= 0.3 is 0 Å². The molecule has 0 aromatic heterocycles. The first-order chi connectivity index (χ1) is 3.43. The van der Waals surface area contributed by atoms with Crippen LogP contribution in [0.25, 0.3) is 0 Å². The third-order valence-corrected chi connectivity index (χ3v) is 1.15. The molecule has 2 nitrogen and oxygen atoms in total. The van der Waals surface area contributed by atoms with Crippen molar-refractivity contribution >= 4 is 0 Å². The van der Waals surface area contributed by atoms with Crippen molar-refractivity contribution < 1.29 is 9.47 Å². The van der Waals surface area contributed by atoms with Crippen LogP contribution in [0.5, 0.6) is 0 Å². The van der Waals surface area contributed by atoms with Crippen LogP contribution < -0.4 is 0 Å². The summed E-state index contributed by atoms with van der Waals surface area (Å²) in [5.41, 5.74) is 0. The van der Waals surface area contributed by atoms with Crippen molar-refractivity contribution in [3.05, 3.63) is 0 Å². The minimum atomic E-state index is 0. The van der Waals surface area contributed by atoms with Crippen molar-refractivity contribution in [1.82, 2.24) is 0 Å². The zero-order valence-electron chi connectivity index (χ0n) is 4.52. The lowest BCUT2D eigenvalue weighted by molar-refractivity contribution is -0.0857. The van der Waals surface area contributed by atoms with Gasteiger partial charge in [0, 0.05) is 13.7 Å². The molecule has 1 rings (SSSR count). The highest BCUT2D eigenvalue weighted by atomic mass is 16.5. The van der Waals surface area contributed by atoms with Gasteiger partial charge in [-0.25, -0.2) is 0 Å². The Balaban J connectivity index is 0.000000490. The highest BCUT2D eigenvalue weighted by molar-refractivity contribution is 4.63. The maximum Gasteiger partial charge on any atom is 0.0830 e. The molecule has 0 bridgehead atoms. The van der Waals surface area contributed by atoms with E-state index in [2.05, 4.69) is 0 Å². The van der Waals surface area contributed by atoms with Gasteiger partial charge in [-0.15, -0.1) is 0 Å². The van der Waals surface area contributed by atoms with Crippen molar-refractivity contribution in [3.8, 4) is 0 Å². The summed E-state index contributed by atoms with van der Waals surface area (Å²) >= 11 is 0. The zero-order valence-corrected chi connectivity index (χ0v) is 4.52. The second-order valence-electron chi connectivity index (χ2n) is 1.74. The quantitative estimate of drug-likeness (QED) is 0.539. The van der Waals surface area contributed by atoms with Crippen LogP contribution in [0, 0.1) is 0 Å². The Morgan fingerprint density at radius 3 is 2.50 bits per heavy atom. The van der Waals surface area contributed by atoms with Gasteiger partial charge in [0.25, 0.3) is 0 Å². The van der Waals surface area contributed by atoms with E-state index in [1.54, 1.807) is 7.11 Å². The summed E-state index contributed by atoms with van der Waals surface area (Å²) in [7, 11) is 1.70. The van der Waals surface area contributed by atoms with Gasteiger partial charge in [0.2, 0.25) is 0 Å². The van der Waals surface area contributed by atoms with Crippen LogP contribution in [-0.4, -0.2) is 26.4 Å². The molecule has 1 saturated heterocycles. The van der Waals surface area contributed by atoms with Crippen LogP contribution in [0.15, 0.2) is 0 Å². The molecular formula is C6H14O2. The van der Waals surface area contributed by atoms with Crippen LogP contribution in [0.2, 0.25) is 0 Å². The molecule has 1 unspecified atom stereocenters. The Bertz CT molecular complexity index is 50.5. The third kappa shape index (κ3) is 1.80. The number of methoxy groups -OCH3 is 1. The zero-order chi connectivity index (χ0) is 5.11. The fourth-order valence-corrected chi connectivity index (χ4v) is 0.602. The molecule has 1 atom stereocenters. The molecule has 0 saturated carbocycles. The van der Waals surface area contributed by atoms with Crippen molar-refractivity contribution in [2.24, 2.45) is 0 Å². The summed E-state index contributed by atoms with van der Waals surface area (Å²) in [6.07, 6.45) is 1.58. The highest BCUT2D eigenvalue weighted by Gasteiger charge is 2.16. The minimum absolute atomic E-state index is 0. The SMILES string of the molecule is C.COCC1CCO1. The number of ether oxygens (including phenoxy) is 2. The van der Waals surface area contributed by atoms with Crippen molar-refractivity contribution in [3.63, 3.8) is 0 Å². The highest BCUT2D eigenvalue weighted by Crippen LogP contribution is 2.09. The Morgan fingerprint density at radius 2 is 2.38 bits per heavy atom. The maximum absolute atomic E-state index is 5.05. The predicted octanol–water partition coefficient (Wildman–Crippen LogP) is 1.06. The molecule has 0 aromatic rings. The monoisotopic (exact) mass is 118 g/mol. The summed E-state index contributed by atoms with van der Waals surface area (Å²) in [6, 6.07) is 0. The first kappa shape index (κ1) is 7.92. The molecule has 2 heteroatoms. The molecular weight excluding hydrogens is 104 g/mol. The van der Waals surface area contributed by atoms with Gasteiger partial charge in [-0.05, 0) is 6.42 Å². The molecule has 0 aliphatic carbocycles. The summed E-state index contributed by atoms with van der Waals surface area (Å²) in [6.45, 7) is 1.69. The topological polar surface area (TPSA) is 18.5 Å². The summed E-state index contributed by atoms with van der Waals surface area (Å²) in [5, 5.41) is 0. The van der Waals surface area contributed by atoms with Crippen molar-refractivity contribution in [2.45, 2.75) is 20.0 Å². The number of rotatable bonds is 2. The van der Waals surface area contributed by atoms with Crippen molar-refractivity contribution in [1.29, 1.82) is 0 Å². The number of hydrogen-bond donors (Lipinski definition) is 0. The largest absolute Gasteiger partial charge is 0.382 e. The van der Waals surface area contributed by atoms with Gasteiger partial charge in [-0.2, -0.15) is 0 Å². The first-order valence-corrected chi connectivity index (χ1v) is 2.54. The molecule has 1 aliphatic rings. The molecule has 8 heavy (non-hydrogen) atoms. The molecule has 0 aromatic carbocycles. The van der Waals surface area contributed by atoms with E-state index in [4.69, 9.17) is 9.47 Å². The van der Waals surface area contributed by atoms with Crippen LogP contribution in [0.3, 0.4) is 0 Å². The van der Waals surface area contributed by atoms with Gasteiger partial charge in [-0.3, -0.25) is 0 Å². The smallest absolute Gasteiger partial charge is 0.0830 e. The minimum Gasteiger partial charge on any atom is -0.382 e. The second kappa shape index (κ2) is 3.87.